The molecule has 0 unspecified atom stereocenters. The van der Waals surface area contributed by atoms with E-state index in [2.05, 4.69) is 9.71 Å². The zero-order valence-corrected chi connectivity index (χ0v) is 17.3. The van der Waals surface area contributed by atoms with Crippen LogP contribution in [0.2, 0.25) is 5.02 Å². The summed E-state index contributed by atoms with van der Waals surface area (Å²) in [5, 5.41) is 0.530. The lowest BCUT2D eigenvalue weighted by Gasteiger charge is -2.40. The van der Waals surface area contributed by atoms with Gasteiger partial charge < -0.3 is 9.47 Å². The summed E-state index contributed by atoms with van der Waals surface area (Å²) in [5.74, 6) is 1.69. The molecular weight excluding hydrogens is 398 g/mol. The third kappa shape index (κ3) is 3.59. The number of anilines is 1. The molecule has 7 nitrogen and oxygen atoms in total. The van der Waals surface area contributed by atoms with Gasteiger partial charge in [-0.05, 0) is 24.6 Å². The van der Waals surface area contributed by atoms with Crippen molar-refractivity contribution in [2.45, 2.75) is 19.4 Å². The van der Waals surface area contributed by atoms with Gasteiger partial charge in [0.15, 0.2) is 0 Å². The zero-order chi connectivity index (χ0) is 19.9. The summed E-state index contributed by atoms with van der Waals surface area (Å²) >= 11 is 6.42. The fraction of sp³-hybridized carbons (Fsp3) is 0.368. The summed E-state index contributed by atoms with van der Waals surface area (Å²) in [6, 6.07) is 9.75. The molecule has 0 saturated carbocycles. The van der Waals surface area contributed by atoms with Crippen LogP contribution in [-0.4, -0.2) is 47.8 Å². The highest BCUT2D eigenvalue weighted by Crippen LogP contribution is 2.32. The molecule has 1 fully saturated rings. The van der Waals surface area contributed by atoms with Crippen molar-refractivity contribution in [3.63, 3.8) is 0 Å². The minimum absolute atomic E-state index is 0.0896. The Balaban J connectivity index is 1.56. The SMILES string of the molecule is CCCS(=O)(=O)NC1CN(c2cc(-c3nc4ccccc4n3C)c(Cl)cn2)C1. The van der Waals surface area contributed by atoms with Crippen molar-refractivity contribution in [1.82, 2.24) is 19.3 Å². The van der Waals surface area contributed by atoms with Gasteiger partial charge in [-0.15, -0.1) is 0 Å². The Hall–Kier alpha value is -2.16. The molecule has 4 rings (SSSR count). The van der Waals surface area contributed by atoms with Gasteiger partial charge in [0.2, 0.25) is 10.0 Å². The van der Waals surface area contributed by atoms with E-state index in [4.69, 9.17) is 16.6 Å². The number of nitrogens with zero attached hydrogens (tertiary/aromatic N) is 4. The first-order valence-corrected chi connectivity index (χ1v) is 11.2. The fourth-order valence-electron chi connectivity index (χ4n) is 3.48. The van der Waals surface area contributed by atoms with Gasteiger partial charge in [0, 0.05) is 31.9 Å². The fourth-order valence-corrected chi connectivity index (χ4v) is 4.98. The Morgan fingerprint density at radius 1 is 1.29 bits per heavy atom. The third-order valence-electron chi connectivity index (χ3n) is 4.89. The Morgan fingerprint density at radius 2 is 2.04 bits per heavy atom. The molecule has 2 aromatic heterocycles. The van der Waals surface area contributed by atoms with Crippen LogP contribution in [0.1, 0.15) is 13.3 Å². The molecular formula is C19H22ClN5O2S. The van der Waals surface area contributed by atoms with Crippen LogP contribution in [0.25, 0.3) is 22.4 Å². The highest BCUT2D eigenvalue weighted by Gasteiger charge is 2.31. The van der Waals surface area contributed by atoms with Gasteiger partial charge in [-0.2, -0.15) is 0 Å². The summed E-state index contributed by atoms with van der Waals surface area (Å²) in [7, 11) is -1.25. The number of fused-ring (bicyclic) bond motifs is 1. The smallest absolute Gasteiger partial charge is 0.211 e. The molecule has 0 aliphatic carbocycles. The molecule has 0 bridgehead atoms. The van der Waals surface area contributed by atoms with E-state index in [1.807, 2.05) is 53.8 Å². The van der Waals surface area contributed by atoms with E-state index in [0.29, 0.717) is 24.5 Å². The Labute approximate surface area is 169 Å². The maximum atomic E-state index is 11.9. The molecule has 1 N–H and O–H groups in total. The first-order chi connectivity index (χ1) is 13.4. The van der Waals surface area contributed by atoms with Gasteiger partial charge >= 0.3 is 0 Å². The Morgan fingerprint density at radius 3 is 2.75 bits per heavy atom. The van der Waals surface area contributed by atoms with Crippen LogP contribution >= 0.6 is 11.6 Å². The second-order valence-corrected chi connectivity index (χ2v) is 9.32. The van der Waals surface area contributed by atoms with E-state index in [9.17, 15) is 8.42 Å². The number of hydrogen-bond donors (Lipinski definition) is 1. The lowest BCUT2D eigenvalue weighted by atomic mass is 10.1. The van der Waals surface area contributed by atoms with E-state index < -0.39 is 10.0 Å². The summed E-state index contributed by atoms with van der Waals surface area (Å²) in [4.78, 5) is 11.2. The largest absolute Gasteiger partial charge is 0.353 e. The van der Waals surface area contributed by atoms with Gasteiger partial charge in [-0.1, -0.05) is 30.7 Å². The highest BCUT2D eigenvalue weighted by atomic mass is 35.5. The molecule has 0 radical (unpaired) electrons. The Kier molecular flexibility index (Phi) is 5.03. The van der Waals surface area contributed by atoms with Gasteiger partial charge in [0.25, 0.3) is 0 Å². The standard InChI is InChI=1S/C19H22ClN5O2S/c1-3-8-28(26,27)23-13-11-25(12-13)18-9-14(15(20)10-21-18)19-22-16-6-4-5-7-17(16)24(19)2/h4-7,9-10,13,23H,3,8,11-12H2,1-2H3. The van der Waals surface area contributed by atoms with Crippen molar-refractivity contribution < 1.29 is 8.42 Å². The van der Waals surface area contributed by atoms with Crippen LogP contribution in [0.3, 0.4) is 0 Å². The highest BCUT2D eigenvalue weighted by molar-refractivity contribution is 7.89. The molecule has 1 saturated heterocycles. The molecule has 148 valence electrons. The van der Waals surface area contributed by atoms with E-state index in [1.54, 1.807) is 6.20 Å². The summed E-state index contributed by atoms with van der Waals surface area (Å²) in [6.45, 7) is 3.02. The third-order valence-corrected chi connectivity index (χ3v) is 6.83. The molecule has 1 aliphatic heterocycles. The van der Waals surface area contributed by atoms with Crippen LogP contribution in [0.5, 0.6) is 0 Å². The van der Waals surface area contributed by atoms with Gasteiger partial charge in [-0.3, -0.25) is 0 Å². The normalized spacial score (nSPS) is 15.2. The Bertz CT molecular complexity index is 1120. The summed E-state index contributed by atoms with van der Waals surface area (Å²) in [5.41, 5.74) is 2.74. The van der Waals surface area contributed by atoms with E-state index in [1.165, 1.54) is 0 Å². The number of imidazole rings is 1. The number of pyridine rings is 1. The number of sulfonamides is 1. The molecule has 28 heavy (non-hydrogen) atoms. The molecule has 0 spiro atoms. The lowest BCUT2D eigenvalue weighted by Crippen LogP contribution is -2.59. The number of para-hydroxylation sites is 2. The maximum absolute atomic E-state index is 11.9. The minimum atomic E-state index is -3.21. The van der Waals surface area contributed by atoms with Crippen LogP contribution in [-0.2, 0) is 17.1 Å². The van der Waals surface area contributed by atoms with Crippen LogP contribution in [0, 0.1) is 0 Å². The average molecular weight is 420 g/mol. The average Bonchev–Trinajstić information content (AvgIpc) is 2.96. The first-order valence-electron chi connectivity index (χ1n) is 9.20. The quantitative estimate of drug-likeness (QED) is 0.664. The van der Waals surface area contributed by atoms with Crippen LogP contribution in [0.4, 0.5) is 5.82 Å². The molecule has 3 aromatic rings. The summed E-state index contributed by atoms with van der Waals surface area (Å²) in [6.07, 6.45) is 2.23. The molecule has 1 aromatic carbocycles. The lowest BCUT2D eigenvalue weighted by molar-refractivity contribution is 0.466. The molecule has 0 amide bonds. The second kappa shape index (κ2) is 7.35. The number of aryl methyl sites for hydroxylation is 1. The number of aromatic nitrogens is 3. The number of halogens is 1. The van der Waals surface area contributed by atoms with Crippen molar-refractivity contribution >= 4 is 38.5 Å². The number of rotatable bonds is 6. The van der Waals surface area contributed by atoms with E-state index in [-0.39, 0.29) is 11.8 Å². The number of hydrogen-bond acceptors (Lipinski definition) is 5. The van der Waals surface area contributed by atoms with E-state index >= 15 is 0 Å². The molecule has 0 atom stereocenters. The van der Waals surface area contributed by atoms with Crippen LogP contribution in [0.15, 0.2) is 36.5 Å². The minimum Gasteiger partial charge on any atom is -0.353 e. The molecule has 3 heterocycles. The second-order valence-electron chi connectivity index (χ2n) is 7.04. The van der Waals surface area contributed by atoms with Crippen molar-refractivity contribution in [3.05, 3.63) is 41.6 Å². The van der Waals surface area contributed by atoms with Crippen molar-refractivity contribution in [2.75, 3.05) is 23.7 Å². The van der Waals surface area contributed by atoms with Gasteiger partial charge in [0.05, 0.1) is 27.9 Å². The maximum Gasteiger partial charge on any atom is 0.211 e. The van der Waals surface area contributed by atoms with Crippen molar-refractivity contribution in [1.29, 1.82) is 0 Å². The van der Waals surface area contributed by atoms with Crippen molar-refractivity contribution in [2.24, 2.45) is 7.05 Å². The summed E-state index contributed by atoms with van der Waals surface area (Å²) < 4.78 is 28.6. The zero-order valence-electron chi connectivity index (χ0n) is 15.8. The van der Waals surface area contributed by atoms with E-state index in [0.717, 1.165) is 28.2 Å². The topological polar surface area (TPSA) is 80.1 Å². The predicted molar refractivity (Wildman–Crippen MR) is 112 cm³/mol. The van der Waals surface area contributed by atoms with Gasteiger partial charge in [0.1, 0.15) is 11.6 Å². The first kappa shape index (κ1) is 19.2. The number of nitrogens with one attached hydrogen (secondary N) is 1. The monoisotopic (exact) mass is 419 g/mol. The van der Waals surface area contributed by atoms with Crippen LogP contribution < -0.4 is 9.62 Å². The van der Waals surface area contributed by atoms with Gasteiger partial charge in [-0.25, -0.2) is 23.1 Å². The molecule has 1 aliphatic rings. The number of benzene rings is 1. The molecule has 9 heteroatoms. The van der Waals surface area contributed by atoms with Crippen molar-refractivity contribution in [3.8, 4) is 11.4 Å². The predicted octanol–water partition coefficient (Wildman–Crippen LogP) is 2.81.